The van der Waals surface area contributed by atoms with Gasteiger partial charge in [-0.3, -0.25) is 4.99 Å². The van der Waals surface area contributed by atoms with Crippen LogP contribution in [0.15, 0.2) is 4.99 Å². The van der Waals surface area contributed by atoms with Gasteiger partial charge in [0.15, 0.2) is 5.96 Å². The smallest absolute Gasteiger partial charge is 0.190 e. The first-order valence-electron chi connectivity index (χ1n) is 10.1. The van der Waals surface area contributed by atoms with Crippen molar-refractivity contribution in [3.8, 4) is 0 Å². The highest BCUT2D eigenvalue weighted by molar-refractivity contribution is 5.79. The molecule has 0 spiro atoms. The highest BCUT2D eigenvalue weighted by Crippen LogP contribution is 2.31. The van der Waals surface area contributed by atoms with Gasteiger partial charge < -0.3 is 25.4 Å². The standard InChI is InChI=1S/C19H38N4O2/c1-20-18(22-16-19(8-14-24)9-15-25-17-19)21-10-4-2-5-11-23-12-6-3-7-13-23/h24H,2-17H2,1H3,(H2,20,21,22). The molecule has 0 bridgehead atoms. The molecule has 0 aromatic carbocycles. The van der Waals surface area contributed by atoms with Gasteiger partial charge in [-0.2, -0.15) is 0 Å². The lowest BCUT2D eigenvalue weighted by molar-refractivity contribution is 0.127. The van der Waals surface area contributed by atoms with Crippen molar-refractivity contribution in [2.24, 2.45) is 10.4 Å². The Balaban J connectivity index is 1.54. The van der Waals surface area contributed by atoms with Gasteiger partial charge in [-0.1, -0.05) is 12.8 Å². The van der Waals surface area contributed by atoms with Gasteiger partial charge in [0.05, 0.1) is 6.61 Å². The lowest BCUT2D eigenvalue weighted by atomic mass is 9.84. The number of hydrogen-bond donors (Lipinski definition) is 3. The number of aliphatic hydroxyl groups excluding tert-OH is 1. The predicted octanol–water partition coefficient (Wildman–Crippen LogP) is 1.60. The van der Waals surface area contributed by atoms with E-state index >= 15 is 0 Å². The fourth-order valence-corrected chi connectivity index (χ4v) is 3.83. The maximum atomic E-state index is 9.30. The third-order valence-electron chi connectivity index (χ3n) is 5.57. The molecule has 2 heterocycles. The SMILES string of the molecule is CN=C(NCCCCCN1CCCCC1)NCC1(CCO)CCOC1. The molecule has 6 nitrogen and oxygen atoms in total. The highest BCUT2D eigenvalue weighted by atomic mass is 16.5. The number of likely N-dealkylation sites (tertiary alicyclic amines) is 1. The second kappa shape index (κ2) is 11.7. The molecule has 2 rings (SSSR count). The van der Waals surface area contributed by atoms with Gasteiger partial charge in [0.25, 0.3) is 0 Å². The van der Waals surface area contributed by atoms with Crippen LogP contribution in [0.3, 0.4) is 0 Å². The summed E-state index contributed by atoms with van der Waals surface area (Å²) >= 11 is 0. The van der Waals surface area contributed by atoms with Crippen molar-refractivity contribution in [2.45, 2.75) is 51.4 Å². The molecule has 2 aliphatic heterocycles. The molecular formula is C19H38N4O2. The van der Waals surface area contributed by atoms with Gasteiger partial charge in [-0.15, -0.1) is 0 Å². The Morgan fingerprint density at radius 3 is 2.68 bits per heavy atom. The largest absolute Gasteiger partial charge is 0.396 e. The molecular weight excluding hydrogens is 316 g/mol. The van der Waals surface area contributed by atoms with Crippen LogP contribution >= 0.6 is 0 Å². The molecule has 0 aromatic rings. The van der Waals surface area contributed by atoms with Crippen LogP contribution in [0.2, 0.25) is 0 Å². The van der Waals surface area contributed by atoms with Gasteiger partial charge in [0.2, 0.25) is 0 Å². The minimum atomic E-state index is 0.0564. The summed E-state index contributed by atoms with van der Waals surface area (Å²) in [4.78, 5) is 6.93. The second-order valence-corrected chi connectivity index (χ2v) is 7.59. The first-order chi connectivity index (χ1) is 12.3. The minimum Gasteiger partial charge on any atom is -0.396 e. The van der Waals surface area contributed by atoms with E-state index < -0.39 is 0 Å². The van der Waals surface area contributed by atoms with Gasteiger partial charge in [0.1, 0.15) is 0 Å². The average Bonchev–Trinajstić information content (AvgIpc) is 3.10. The molecule has 2 fully saturated rings. The lowest BCUT2D eigenvalue weighted by Gasteiger charge is -2.27. The minimum absolute atomic E-state index is 0.0564. The van der Waals surface area contributed by atoms with E-state index in [-0.39, 0.29) is 12.0 Å². The molecule has 25 heavy (non-hydrogen) atoms. The van der Waals surface area contributed by atoms with Crippen LogP contribution in [0.1, 0.15) is 51.4 Å². The maximum absolute atomic E-state index is 9.30. The molecule has 0 aliphatic carbocycles. The predicted molar refractivity (Wildman–Crippen MR) is 103 cm³/mol. The molecule has 146 valence electrons. The molecule has 0 radical (unpaired) electrons. The van der Waals surface area contributed by atoms with E-state index in [9.17, 15) is 5.11 Å². The third kappa shape index (κ3) is 7.50. The fraction of sp³-hybridized carbons (Fsp3) is 0.947. The van der Waals surface area contributed by atoms with Crippen LogP contribution in [0.4, 0.5) is 0 Å². The van der Waals surface area contributed by atoms with E-state index in [1.165, 1.54) is 58.2 Å². The zero-order valence-corrected chi connectivity index (χ0v) is 16.1. The Kier molecular flexibility index (Phi) is 9.58. The number of nitrogens with one attached hydrogen (secondary N) is 2. The van der Waals surface area contributed by atoms with Gasteiger partial charge in [-0.05, 0) is 58.2 Å². The third-order valence-corrected chi connectivity index (χ3v) is 5.57. The summed E-state index contributed by atoms with van der Waals surface area (Å²) in [5, 5.41) is 16.1. The fourth-order valence-electron chi connectivity index (χ4n) is 3.83. The number of aliphatic hydroxyl groups is 1. The molecule has 0 aromatic heterocycles. The molecule has 2 saturated heterocycles. The van der Waals surface area contributed by atoms with E-state index in [1.807, 2.05) is 7.05 Å². The van der Waals surface area contributed by atoms with Crippen LogP contribution in [0.5, 0.6) is 0 Å². The highest BCUT2D eigenvalue weighted by Gasteiger charge is 2.34. The lowest BCUT2D eigenvalue weighted by Crippen LogP contribution is -2.44. The Morgan fingerprint density at radius 1 is 1.16 bits per heavy atom. The number of aliphatic imine (C=N–C) groups is 1. The van der Waals surface area contributed by atoms with Crippen LogP contribution in [-0.4, -0.2) is 75.6 Å². The Labute approximate surface area is 153 Å². The molecule has 0 amide bonds. The van der Waals surface area contributed by atoms with Crippen molar-refractivity contribution < 1.29 is 9.84 Å². The second-order valence-electron chi connectivity index (χ2n) is 7.59. The molecule has 3 N–H and O–H groups in total. The van der Waals surface area contributed by atoms with E-state index in [4.69, 9.17) is 4.74 Å². The van der Waals surface area contributed by atoms with Crippen LogP contribution in [-0.2, 0) is 4.74 Å². The zero-order chi connectivity index (χ0) is 17.8. The Hall–Kier alpha value is -0.850. The maximum Gasteiger partial charge on any atom is 0.190 e. The van der Waals surface area contributed by atoms with E-state index in [0.29, 0.717) is 0 Å². The van der Waals surface area contributed by atoms with Gasteiger partial charge in [-0.25, -0.2) is 0 Å². The Bertz CT molecular complexity index is 378. The van der Waals surface area contributed by atoms with Crippen LogP contribution in [0, 0.1) is 5.41 Å². The quantitative estimate of drug-likeness (QED) is 0.316. The molecule has 2 aliphatic rings. The number of guanidine groups is 1. The van der Waals surface area contributed by atoms with E-state index in [0.717, 1.165) is 45.1 Å². The summed E-state index contributed by atoms with van der Waals surface area (Å²) in [5.41, 5.74) is 0.0564. The average molecular weight is 355 g/mol. The normalized spacial score (nSPS) is 25.3. The summed E-state index contributed by atoms with van der Waals surface area (Å²) in [6.07, 6.45) is 9.71. The Morgan fingerprint density at radius 2 is 2.00 bits per heavy atom. The van der Waals surface area contributed by atoms with Crippen molar-refractivity contribution in [1.82, 2.24) is 15.5 Å². The first-order valence-corrected chi connectivity index (χ1v) is 10.1. The molecule has 6 heteroatoms. The summed E-state index contributed by atoms with van der Waals surface area (Å²) in [6, 6.07) is 0. The number of rotatable bonds is 10. The van der Waals surface area contributed by atoms with E-state index in [1.54, 1.807) is 0 Å². The number of piperidine rings is 1. The summed E-state index contributed by atoms with van der Waals surface area (Å²) in [7, 11) is 1.82. The number of nitrogens with zero attached hydrogens (tertiary/aromatic N) is 2. The summed E-state index contributed by atoms with van der Waals surface area (Å²) in [5.74, 6) is 0.861. The number of hydrogen-bond acceptors (Lipinski definition) is 4. The monoisotopic (exact) mass is 354 g/mol. The van der Waals surface area contributed by atoms with E-state index in [2.05, 4.69) is 20.5 Å². The number of unbranched alkanes of at least 4 members (excludes halogenated alkanes) is 2. The topological polar surface area (TPSA) is 69.1 Å². The van der Waals surface area contributed by atoms with Gasteiger partial charge in [0, 0.05) is 38.8 Å². The summed E-state index contributed by atoms with van der Waals surface area (Å²) < 4.78 is 5.54. The molecule has 0 saturated carbocycles. The van der Waals surface area contributed by atoms with Crippen molar-refractivity contribution in [1.29, 1.82) is 0 Å². The zero-order valence-electron chi connectivity index (χ0n) is 16.1. The van der Waals surface area contributed by atoms with Crippen molar-refractivity contribution in [2.75, 3.05) is 59.6 Å². The van der Waals surface area contributed by atoms with Crippen molar-refractivity contribution in [3.63, 3.8) is 0 Å². The van der Waals surface area contributed by atoms with Crippen LogP contribution in [0.25, 0.3) is 0 Å². The van der Waals surface area contributed by atoms with Crippen molar-refractivity contribution in [3.05, 3.63) is 0 Å². The first kappa shape index (κ1) is 20.5. The van der Waals surface area contributed by atoms with Crippen LogP contribution < -0.4 is 10.6 Å². The number of ether oxygens (including phenoxy) is 1. The molecule has 1 atom stereocenters. The summed E-state index contributed by atoms with van der Waals surface area (Å²) in [6.45, 7) is 7.37. The molecule has 1 unspecified atom stereocenters. The van der Waals surface area contributed by atoms with Gasteiger partial charge >= 0.3 is 0 Å². The van der Waals surface area contributed by atoms with Crippen molar-refractivity contribution >= 4 is 5.96 Å².